The lowest BCUT2D eigenvalue weighted by molar-refractivity contribution is 0.0589. The van der Waals surface area contributed by atoms with Crippen LogP contribution in [0.5, 0.6) is 0 Å². The van der Waals surface area contributed by atoms with Crippen molar-refractivity contribution in [3.63, 3.8) is 0 Å². The molecule has 0 bridgehead atoms. The van der Waals surface area contributed by atoms with Gasteiger partial charge >= 0.3 is 0 Å². The number of nitrogens with one attached hydrogen (secondary N) is 1. The molecule has 0 aromatic carbocycles. The first-order chi connectivity index (χ1) is 10.5. The third-order valence-corrected chi connectivity index (χ3v) is 3.23. The number of aliphatic hydroxyl groups is 1. The predicted molar refractivity (Wildman–Crippen MR) is 84.4 cm³/mol. The monoisotopic (exact) mass is 298 g/mol. The summed E-state index contributed by atoms with van der Waals surface area (Å²) in [5.41, 5.74) is 1.60. The minimum atomic E-state index is -0.840. The zero-order valence-corrected chi connectivity index (χ0v) is 12.8. The Morgan fingerprint density at radius 3 is 2.73 bits per heavy atom. The molecule has 7 heteroatoms. The van der Waals surface area contributed by atoms with Gasteiger partial charge in [-0.3, -0.25) is 0 Å². The molecule has 0 fully saturated rings. The summed E-state index contributed by atoms with van der Waals surface area (Å²) in [7, 11) is 1.81. The van der Waals surface area contributed by atoms with Crippen molar-refractivity contribution < 1.29 is 5.11 Å². The zero-order chi connectivity index (χ0) is 15.7. The summed E-state index contributed by atoms with van der Waals surface area (Å²) in [5, 5.41) is 18.1. The first-order valence-corrected chi connectivity index (χ1v) is 7.00. The zero-order valence-electron chi connectivity index (χ0n) is 12.8. The van der Waals surface area contributed by atoms with Crippen molar-refractivity contribution in [3.8, 4) is 11.3 Å². The van der Waals surface area contributed by atoms with Crippen LogP contribution in [0.15, 0.2) is 30.9 Å². The molecule has 0 aliphatic carbocycles. The van der Waals surface area contributed by atoms with Gasteiger partial charge in [0.05, 0.1) is 24.0 Å². The molecule has 0 spiro atoms. The highest BCUT2D eigenvalue weighted by Gasteiger charge is 2.16. The van der Waals surface area contributed by atoms with E-state index in [2.05, 4.69) is 25.4 Å². The van der Waals surface area contributed by atoms with Crippen LogP contribution < -0.4 is 5.32 Å². The highest BCUT2D eigenvalue weighted by atomic mass is 16.3. The second-order valence-electron chi connectivity index (χ2n) is 5.79. The third-order valence-electron chi connectivity index (χ3n) is 3.23. The fourth-order valence-electron chi connectivity index (χ4n) is 2.25. The van der Waals surface area contributed by atoms with Crippen molar-refractivity contribution >= 4 is 16.9 Å². The maximum Gasteiger partial charge on any atom is 0.157 e. The molecule has 0 radical (unpaired) electrons. The number of hydrogen-bond acceptors (Lipinski definition) is 6. The Morgan fingerprint density at radius 1 is 1.18 bits per heavy atom. The minimum Gasteiger partial charge on any atom is -0.389 e. The average Bonchev–Trinajstić information content (AvgIpc) is 2.88. The number of rotatable bonds is 4. The molecule has 0 saturated carbocycles. The van der Waals surface area contributed by atoms with E-state index in [1.807, 2.05) is 19.2 Å². The van der Waals surface area contributed by atoms with Gasteiger partial charge in [0.25, 0.3) is 0 Å². The molecule has 22 heavy (non-hydrogen) atoms. The maximum atomic E-state index is 9.93. The third kappa shape index (κ3) is 2.89. The average molecular weight is 298 g/mol. The molecule has 0 saturated heterocycles. The Kier molecular flexibility index (Phi) is 3.50. The molecule has 7 nitrogen and oxygen atoms in total. The number of pyridine rings is 1. The minimum absolute atomic E-state index is 0.389. The van der Waals surface area contributed by atoms with E-state index in [0.717, 1.165) is 28.1 Å². The summed E-state index contributed by atoms with van der Waals surface area (Å²) in [5.74, 6) is 0.753. The van der Waals surface area contributed by atoms with Crippen molar-refractivity contribution in [2.24, 2.45) is 0 Å². The van der Waals surface area contributed by atoms with Gasteiger partial charge in [-0.25, -0.2) is 19.6 Å². The fraction of sp³-hybridized carbons (Fsp3) is 0.333. The van der Waals surface area contributed by atoms with Gasteiger partial charge in [-0.05, 0) is 19.9 Å². The Labute approximate surface area is 128 Å². The molecule has 2 N–H and O–H groups in total. The molecule has 0 amide bonds. The standard InChI is InChI=1S/C15H18N6O/c1-15(2,22)8-21-14-11(7-20-21)4-10(6-17-14)12-5-13(16-3)19-9-18-12/h4-7,9,22H,8H2,1-3H3,(H,16,18,19). The van der Waals surface area contributed by atoms with Crippen LogP contribution in [-0.2, 0) is 6.54 Å². The molecular weight excluding hydrogens is 280 g/mol. The Bertz CT molecular complexity index is 805. The number of aromatic nitrogens is 5. The first-order valence-electron chi connectivity index (χ1n) is 7.00. The lowest BCUT2D eigenvalue weighted by Crippen LogP contribution is -2.26. The number of nitrogens with zero attached hydrogens (tertiary/aromatic N) is 5. The number of fused-ring (bicyclic) bond motifs is 1. The summed E-state index contributed by atoms with van der Waals surface area (Å²) in [6, 6.07) is 3.85. The van der Waals surface area contributed by atoms with E-state index in [1.165, 1.54) is 6.33 Å². The Morgan fingerprint density at radius 2 is 2.00 bits per heavy atom. The largest absolute Gasteiger partial charge is 0.389 e. The molecule has 0 atom stereocenters. The molecule has 3 rings (SSSR count). The molecule has 0 aliphatic heterocycles. The fourth-order valence-corrected chi connectivity index (χ4v) is 2.25. The lowest BCUT2D eigenvalue weighted by Gasteiger charge is -2.16. The van der Waals surface area contributed by atoms with Crippen molar-refractivity contribution in [2.75, 3.05) is 12.4 Å². The molecule has 3 aromatic rings. The van der Waals surface area contributed by atoms with E-state index < -0.39 is 5.60 Å². The van der Waals surface area contributed by atoms with Gasteiger partial charge in [-0.1, -0.05) is 0 Å². The van der Waals surface area contributed by atoms with E-state index in [1.54, 1.807) is 30.9 Å². The van der Waals surface area contributed by atoms with Crippen molar-refractivity contribution in [2.45, 2.75) is 26.0 Å². The summed E-state index contributed by atoms with van der Waals surface area (Å²) in [4.78, 5) is 12.8. The predicted octanol–water partition coefficient (Wildman–Crippen LogP) is 1.70. The van der Waals surface area contributed by atoms with Crippen LogP contribution in [0.3, 0.4) is 0 Å². The molecule has 0 unspecified atom stereocenters. The van der Waals surface area contributed by atoms with E-state index in [-0.39, 0.29) is 0 Å². The van der Waals surface area contributed by atoms with E-state index in [4.69, 9.17) is 0 Å². The van der Waals surface area contributed by atoms with Gasteiger partial charge in [0, 0.05) is 30.3 Å². The number of hydrogen-bond donors (Lipinski definition) is 2. The van der Waals surface area contributed by atoms with Gasteiger partial charge in [-0.15, -0.1) is 0 Å². The lowest BCUT2D eigenvalue weighted by atomic mass is 10.1. The van der Waals surface area contributed by atoms with Crippen LogP contribution in [-0.4, -0.2) is 42.5 Å². The molecule has 3 heterocycles. The van der Waals surface area contributed by atoms with Crippen LogP contribution in [0, 0.1) is 0 Å². The van der Waals surface area contributed by atoms with Crippen molar-refractivity contribution in [1.82, 2.24) is 24.7 Å². The van der Waals surface area contributed by atoms with Gasteiger partial charge < -0.3 is 10.4 Å². The smallest absolute Gasteiger partial charge is 0.157 e. The van der Waals surface area contributed by atoms with Crippen LogP contribution in [0.2, 0.25) is 0 Å². The summed E-state index contributed by atoms with van der Waals surface area (Å²) in [6.07, 6.45) is 5.02. The summed E-state index contributed by atoms with van der Waals surface area (Å²) >= 11 is 0. The molecule has 3 aromatic heterocycles. The highest BCUT2D eigenvalue weighted by molar-refractivity contribution is 5.80. The highest BCUT2D eigenvalue weighted by Crippen LogP contribution is 2.22. The Balaban J connectivity index is 2.00. The second-order valence-corrected chi connectivity index (χ2v) is 5.79. The van der Waals surface area contributed by atoms with E-state index in [0.29, 0.717) is 6.54 Å². The second kappa shape index (κ2) is 5.34. The SMILES string of the molecule is CNc1cc(-c2cnc3c(cnn3CC(C)(C)O)c2)ncn1. The van der Waals surface area contributed by atoms with Crippen LogP contribution in [0.4, 0.5) is 5.82 Å². The topological polar surface area (TPSA) is 88.8 Å². The summed E-state index contributed by atoms with van der Waals surface area (Å²) < 4.78 is 1.71. The van der Waals surface area contributed by atoms with Crippen LogP contribution in [0.1, 0.15) is 13.8 Å². The van der Waals surface area contributed by atoms with Gasteiger partial charge in [-0.2, -0.15) is 5.10 Å². The van der Waals surface area contributed by atoms with E-state index in [9.17, 15) is 5.11 Å². The number of anilines is 1. The molecular formula is C15H18N6O. The van der Waals surface area contributed by atoms with Crippen molar-refractivity contribution in [1.29, 1.82) is 0 Å². The maximum absolute atomic E-state index is 9.93. The van der Waals surface area contributed by atoms with Crippen LogP contribution in [0.25, 0.3) is 22.3 Å². The van der Waals surface area contributed by atoms with Gasteiger partial charge in [0.1, 0.15) is 12.1 Å². The summed E-state index contributed by atoms with van der Waals surface area (Å²) in [6.45, 7) is 3.88. The van der Waals surface area contributed by atoms with Gasteiger partial charge in [0.2, 0.25) is 0 Å². The van der Waals surface area contributed by atoms with Gasteiger partial charge in [0.15, 0.2) is 5.65 Å². The van der Waals surface area contributed by atoms with E-state index >= 15 is 0 Å². The normalized spacial score (nSPS) is 11.8. The first kappa shape index (κ1) is 14.4. The molecule has 0 aliphatic rings. The van der Waals surface area contributed by atoms with Crippen molar-refractivity contribution in [3.05, 3.63) is 30.9 Å². The quantitative estimate of drug-likeness (QED) is 0.762. The van der Waals surface area contributed by atoms with Crippen LogP contribution >= 0.6 is 0 Å². The Hall–Kier alpha value is -2.54. The molecule has 114 valence electrons.